The number of hydrogen-bond donors (Lipinski definition) is 1. The number of nitrogens with one attached hydrogen (secondary N) is 1. The lowest BCUT2D eigenvalue weighted by Crippen LogP contribution is -2.56. The summed E-state index contributed by atoms with van der Waals surface area (Å²) in [5.41, 5.74) is 0.859. The number of carbonyl (C=O) groups is 1. The van der Waals surface area contributed by atoms with Crippen LogP contribution < -0.4 is 10.2 Å². The van der Waals surface area contributed by atoms with Gasteiger partial charge in [0.1, 0.15) is 0 Å². The smallest absolute Gasteiger partial charge is 0.261 e. The molecule has 4 heterocycles. The van der Waals surface area contributed by atoms with E-state index in [0.29, 0.717) is 12.0 Å². The quantitative estimate of drug-likeness (QED) is 0.696. The Morgan fingerprint density at radius 2 is 2.10 bits per heavy atom. The van der Waals surface area contributed by atoms with Crippen LogP contribution in [0.15, 0.2) is 46.3 Å². The molecule has 0 unspecified atom stereocenters. The Balaban J connectivity index is 1.13. The number of thiophene rings is 1. The molecule has 2 saturated heterocycles. The Bertz CT molecular complexity index is 970. The lowest BCUT2D eigenvalue weighted by molar-refractivity contribution is 0.0878. The molecule has 1 N–H and O–H groups in total. The molecule has 1 amide bonds. The van der Waals surface area contributed by atoms with Crippen molar-refractivity contribution < 1.29 is 9.32 Å². The van der Waals surface area contributed by atoms with Crippen LogP contribution in [0.2, 0.25) is 0 Å². The molecule has 2 aliphatic heterocycles. The van der Waals surface area contributed by atoms with Gasteiger partial charge >= 0.3 is 0 Å². The number of piperidine rings is 1. The highest BCUT2D eigenvalue weighted by molar-refractivity contribution is 7.12. The topological polar surface area (TPSA) is 61.6 Å². The number of nitrogens with zero attached hydrogens (tertiary/aromatic N) is 3. The molecule has 1 aromatic carbocycles. The fourth-order valence-electron chi connectivity index (χ4n) is 4.67. The minimum atomic E-state index is 0.0575. The summed E-state index contributed by atoms with van der Waals surface area (Å²) in [6.45, 7) is 4.95. The average Bonchev–Trinajstić information content (AvgIpc) is 3.43. The Labute approximate surface area is 174 Å². The summed E-state index contributed by atoms with van der Waals surface area (Å²) < 4.78 is 5.51. The van der Waals surface area contributed by atoms with E-state index in [2.05, 4.69) is 26.3 Å². The third-order valence-corrected chi connectivity index (χ3v) is 7.12. The summed E-state index contributed by atoms with van der Waals surface area (Å²) in [6, 6.07) is 12.5. The van der Waals surface area contributed by atoms with Gasteiger partial charge in [0, 0.05) is 38.8 Å². The van der Waals surface area contributed by atoms with Gasteiger partial charge in [0.2, 0.25) is 0 Å². The van der Waals surface area contributed by atoms with Crippen LogP contribution in [0.1, 0.15) is 28.9 Å². The van der Waals surface area contributed by atoms with Gasteiger partial charge in [0.05, 0.1) is 10.3 Å². The number of hydrogen-bond acceptors (Lipinski definition) is 6. The van der Waals surface area contributed by atoms with Crippen molar-refractivity contribution >= 4 is 34.0 Å². The second-order valence-corrected chi connectivity index (χ2v) is 9.01. The molecule has 152 valence electrons. The maximum Gasteiger partial charge on any atom is 0.261 e. The first-order valence-corrected chi connectivity index (χ1v) is 11.3. The van der Waals surface area contributed by atoms with Crippen LogP contribution in [0.4, 0.5) is 5.82 Å². The van der Waals surface area contributed by atoms with Crippen molar-refractivity contribution in [1.29, 1.82) is 0 Å². The third kappa shape index (κ3) is 3.89. The first-order chi connectivity index (χ1) is 14.3. The van der Waals surface area contributed by atoms with Crippen molar-refractivity contribution in [3.8, 4) is 0 Å². The van der Waals surface area contributed by atoms with Crippen molar-refractivity contribution in [1.82, 2.24) is 15.4 Å². The number of benzene rings is 1. The molecular weight excluding hydrogens is 384 g/mol. The number of fused-ring (bicyclic) bond motifs is 2. The van der Waals surface area contributed by atoms with Crippen molar-refractivity contribution in [3.63, 3.8) is 0 Å². The molecule has 29 heavy (non-hydrogen) atoms. The van der Waals surface area contributed by atoms with E-state index in [1.165, 1.54) is 24.2 Å². The molecular formula is C22H26N4O2S. The summed E-state index contributed by atoms with van der Waals surface area (Å²) in [5.74, 6) is 1.70. The number of carbonyl (C=O) groups excluding carboxylic acids is 1. The number of amides is 1. The monoisotopic (exact) mass is 410 g/mol. The van der Waals surface area contributed by atoms with E-state index in [0.717, 1.165) is 60.8 Å². The number of piperazine rings is 1. The summed E-state index contributed by atoms with van der Waals surface area (Å²) in [6.07, 6.45) is 3.48. The first-order valence-electron chi connectivity index (χ1n) is 10.4. The van der Waals surface area contributed by atoms with Crippen molar-refractivity contribution in [3.05, 3.63) is 46.7 Å². The zero-order valence-electron chi connectivity index (χ0n) is 16.4. The number of aromatic nitrogens is 1. The predicted octanol–water partition coefficient (Wildman–Crippen LogP) is 3.61. The molecule has 2 aliphatic rings. The number of para-hydroxylation sites is 1. The zero-order chi connectivity index (χ0) is 19.6. The van der Waals surface area contributed by atoms with Crippen LogP contribution in [0, 0.1) is 5.92 Å². The van der Waals surface area contributed by atoms with Crippen LogP contribution in [-0.4, -0.2) is 54.7 Å². The van der Waals surface area contributed by atoms with Gasteiger partial charge in [-0.2, -0.15) is 0 Å². The van der Waals surface area contributed by atoms with Gasteiger partial charge in [-0.15, -0.1) is 11.3 Å². The molecule has 0 saturated carbocycles. The Kier molecular flexibility index (Phi) is 5.24. The standard InChI is InChI=1S/C22H26N4O2S/c27-22(20-6-3-13-29-20)23-10-9-16-7-8-17-15-26(12-11-25(17)14-16)21-18-4-1-2-5-19(18)28-24-21/h1-6,13,16-17H,7-12,14-15H2,(H,23,27)/t16-,17+/m0/s1. The summed E-state index contributed by atoms with van der Waals surface area (Å²) in [4.78, 5) is 17.9. The molecule has 7 heteroatoms. The van der Waals surface area contributed by atoms with Crippen molar-refractivity contribution in [2.24, 2.45) is 5.92 Å². The van der Waals surface area contributed by atoms with Crippen LogP contribution >= 0.6 is 11.3 Å². The van der Waals surface area contributed by atoms with Gasteiger partial charge in [-0.05, 0) is 48.8 Å². The fraction of sp³-hybridized carbons (Fsp3) is 0.455. The van der Waals surface area contributed by atoms with E-state index in [4.69, 9.17) is 4.52 Å². The number of rotatable bonds is 5. The molecule has 0 aliphatic carbocycles. The molecule has 6 nitrogen and oxygen atoms in total. The normalized spacial score (nSPS) is 22.6. The van der Waals surface area contributed by atoms with E-state index >= 15 is 0 Å². The van der Waals surface area contributed by atoms with Gasteiger partial charge in [0.25, 0.3) is 5.91 Å². The van der Waals surface area contributed by atoms with Crippen LogP contribution in [0.5, 0.6) is 0 Å². The highest BCUT2D eigenvalue weighted by Crippen LogP contribution is 2.31. The van der Waals surface area contributed by atoms with E-state index in [-0.39, 0.29) is 5.91 Å². The Morgan fingerprint density at radius 3 is 3.00 bits per heavy atom. The summed E-state index contributed by atoms with van der Waals surface area (Å²) in [5, 5.41) is 10.5. The third-order valence-electron chi connectivity index (χ3n) is 6.25. The molecule has 2 atom stereocenters. The molecule has 0 bridgehead atoms. The minimum Gasteiger partial charge on any atom is -0.354 e. The molecule has 3 aromatic rings. The van der Waals surface area contributed by atoms with Gasteiger partial charge in [0.15, 0.2) is 11.4 Å². The SMILES string of the molecule is O=C(NCC[C@@H]1CC[C@@H]2CN(c3noc4ccccc34)CCN2C1)c1cccs1. The van der Waals surface area contributed by atoms with Crippen LogP contribution in [-0.2, 0) is 0 Å². The van der Waals surface area contributed by atoms with Gasteiger partial charge < -0.3 is 14.7 Å². The Morgan fingerprint density at radius 1 is 1.17 bits per heavy atom. The lowest BCUT2D eigenvalue weighted by Gasteiger charge is -2.46. The maximum atomic E-state index is 12.1. The molecule has 2 aromatic heterocycles. The maximum absolute atomic E-state index is 12.1. The molecule has 5 rings (SSSR count). The average molecular weight is 411 g/mol. The van der Waals surface area contributed by atoms with Crippen molar-refractivity contribution in [2.45, 2.75) is 25.3 Å². The molecule has 2 fully saturated rings. The van der Waals surface area contributed by atoms with Crippen LogP contribution in [0.3, 0.4) is 0 Å². The second-order valence-electron chi connectivity index (χ2n) is 8.06. The Hall–Kier alpha value is -2.38. The highest BCUT2D eigenvalue weighted by Gasteiger charge is 2.34. The predicted molar refractivity (Wildman–Crippen MR) is 116 cm³/mol. The van der Waals surface area contributed by atoms with E-state index < -0.39 is 0 Å². The minimum absolute atomic E-state index is 0.0575. The number of anilines is 1. The highest BCUT2D eigenvalue weighted by atomic mass is 32.1. The van der Waals surface area contributed by atoms with Gasteiger partial charge in [-0.25, -0.2) is 0 Å². The largest absolute Gasteiger partial charge is 0.354 e. The van der Waals surface area contributed by atoms with Crippen LogP contribution in [0.25, 0.3) is 11.0 Å². The zero-order valence-corrected chi connectivity index (χ0v) is 17.2. The summed E-state index contributed by atoms with van der Waals surface area (Å²) >= 11 is 1.49. The first kappa shape index (κ1) is 18.6. The molecule has 0 radical (unpaired) electrons. The van der Waals surface area contributed by atoms with Crippen molar-refractivity contribution in [2.75, 3.05) is 37.6 Å². The van der Waals surface area contributed by atoms with E-state index in [1.54, 1.807) is 0 Å². The van der Waals surface area contributed by atoms with Gasteiger partial charge in [-0.1, -0.05) is 23.4 Å². The van der Waals surface area contributed by atoms with E-state index in [1.807, 2.05) is 35.7 Å². The fourth-order valence-corrected chi connectivity index (χ4v) is 5.31. The van der Waals surface area contributed by atoms with Gasteiger partial charge in [-0.3, -0.25) is 9.69 Å². The second kappa shape index (κ2) is 8.16. The lowest BCUT2D eigenvalue weighted by atomic mass is 9.89. The molecule has 0 spiro atoms. The summed E-state index contributed by atoms with van der Waals surface area (Å²) in [7, 11) is 0. The van der Waals surface area contributed by atoms with E-state index in [9.17, 15) is 4.79 Å².